The highest BCUT2D eigenvalue weighted by molar-refractivity contribution is 6.05. The number of piperidine rings is 1. The van der Waals surface area contributed by atoms with Gasteiger partial charge in [-0.25, -0.2) is 0 Å². The summed E-state index contributed by atoms with van der Waals surface area (Å²) in [6.07, 6.45) is 4.47. The van der Waals surface area contributed by atoms with Gasteiger partial charge in [-0.15, -0.1) is 0 Å². The van der Waals surface area contributed by atoms with E-state index in [9.17, 15) is 14.4 Å². The molecule has 0 radical (unpaired) electrons. The highest BCUT2D eigenvalue weighted by Crippen LogP contribution is 2.43. The van der Waals surface area contributed by atoms with Gasteiger partial charge in [-0.05, 0) is 55.8 Å². The minimum Gasteiger partial charge on any atom is -0.322 e. The Bertz CT molecular complexity index is 840. The highest BCUT2D eigenvalue weighted by atomic mass is 16.2. The molecule has 4 aliphatic rings. The van der Waals surface area contributed by atoms with Crippen LogP contribution in [0.3, 0.4) is 0 Å². The maximum absolute atomic E-state index is 13.1. The fourth-order valence-corrected chi connectivity index (χ4v) is 5.26. The minimum atomic E-state index is -0.556. The van der Waals surface area contributed by atoms with Crippen LogP contribution in [0, 0.1) is 5.92 Å². The van der Waals surface area contributed by atoms with E-state index in [0.717, 1.165) is 29.8 Å². The van der Waals surface area contributed by atoms with Crippen molar-refractivity contribution in [2.75, 3.05) is 13.1 Å². The third-order valence-electron chi connectivity index (χ3n) is 6.85. The van der Waals surface area contributed by atoms with E-state index in [4.69, 9.17) is 0 Å². The summed E-state index contributed by atoms with van der Waals surface area (Å²) in [4.78, 5) is 38.3. The summed E-state index contributed by atoms with van der Waals surface area (Å²) in [5.41, 5.74) is 3.13. The first-order valence-electron chi connectivity index (χ1n) is 10.3. The molecule has 3 heterocycles. The van der Waals surface area contributed by atoms with E-state index in [1.54, 1.807) is 4.90 Å². The third-order valence-corrected chi connectivity index (χ3v) is 6.85. The zero-order valence-corrected chi connectivity index (χ0v) is 15.9. The summed E-state index contributed by atoms with van der Waals surface area (Å²) in [7, 11) is 0. The molecule has 148 valence electrons. The van der Waals surface area contributed by atoms with Crippen LogP contribution >= 0.6 is 0 Å². The van der Waals surface area contributed by atoms with Crippen LogP contribution in [-0.2, 0) is 22.7 Å². The Hall–Kier alpha value is -2.25. The standard InChI is InChI=1S/C21H26N4O3/c26-17-5-4-16(19(27)24-17)25-12-15-3-1-2-14(18(15)20(25)28)11-22-10-13-8-21(9-13)6-7-23-21/h1-3,13,16,22-23H,4-12H2,(H,24,26,27). The normalized spacial score (nSPS) is 31.4. The molecule has 5 rings (SSSR count). The van der Waals surface area contributed by atoms with Crippen LogP contribution < -0.4 is 16.0 Å². The molecule has 1 atom stereocenters. The predicted molar refractivity (Wildman–Crippen MR) is 102 cm³/mol. The Balaban J connectivity index is 1.22. The highest BCUT2D eigenvalue weighted by Gasteiger charge is 2.47. The molecule has 1 unspecified atom stereocenters. The van der Waals surface area contributed by atoms with Gasteiger partial charge < -0.3 is 15.5 Å². The lowest BCUT2D eigenvalue weighted by Crippen LogP contribution is -2.65. The largest absolute Gasteiger partial charge is 0.322 e. The van der Waals surface area contributed by atoms with Gasteiger partial charge in [0.15, 0.2) is 0 Å². The van der Waals surface area contributed by atoms with Gasteiger partial charge in [0.25, 0.3) is 5.91 Å². The van der Waals surface area contributed by atoms with Crippen LogP contribution in [0.2, 0.25) is 0 Å². The van der Waals surface area contributed by atoms with Crippen molar-refractivity contribution in [2.24, 2.45) is 5.92 Å². The van der Waals surface area contributed by atoms with Gasteiger partial charge in [0.1, 0.15) is 6.04 Å². The Kier molecular flexibility index (Phi) is 4.25. The van der Waals surface area contributed by atoms with Crippen molar-refractivity contribution in [1.82, 2.24) is 20.9 Å². The quantitative estimate of drug-likeness (QED) is 0.652. The van der Waals surface area contributed by atoms with Crippen molar-refractivity contribution < 1.29 is 14.4 Å². The van der Waals surface area contributed by atoms with Crippen molar-refractivity contribution in [3.8, 4) is 0 Å². The number of rotatable bonds is 5. The number of benzene rings is 1. The van der Waals surface area contributed by atoms with Gasteiger partial charge in [-0.1, -0.05) is 18.2 Å². The molecule has 28 heavy (non-hydrogen) atoms. The molecule has 1 aliphatic carbocycles. The van der Waals surface area contributed by atoms with E-state index in [1.165, 1.54) is 19.3 Å². The number of amides is 3. The van der Waals surface area contributed by atoms with Gasteiger partial charge >= 0.3 is 0 Å². The van der Waals surface area contributed by atoms with Crippen LogP contribution in [0.15, 0.2) is 18.2 Å². The molecule has 1 saturated carbocycles. The Labute approximate surface area is 164 Å². The molecule has 1 aromatic carbocycles. The van der Waals surface area contributed by atoms with Crippen molar-refractivity contribution in [2.45, 2.75) is 56.8 Å². The molecule has 0 aromatic heterocycles. The molecule has 3 N–H and O–H groups in total. The molecule has 1 spiro atoms. The van der Waals surface area contributed by atoms with Crippen LogP contribution in [0.25, 0.3) is 0 Å². The Morgan fingerprint density at radius 3 is 2.75 bits per heavy atom. The van der Waals surface area contributed by atoms with E-state index in [0.29, 0.717) is 31.0 Å². The number of nitrogens with zero attached hydrogens (tertiary/aromatic N) is 1. The third kappa shape index (κ3) is 2.93. The lowest BCUT2D eigenvalue weighted by atomic mass is 9.63. The number of nitrogens with one attached hydrogen (secondary N) is 3. The number of hydrogen-bond acceptors (Lipinski definition) is 5. The van der Waals surface area contributed by atoms with Crippen LogP contribution in [-0.4, -0.2) is 47.3 Å². The van der Waals surface area contributed by atoms with E-state index < -0.39 is 6.04 Å². The van der Waals surface area contributed by atoms with Crippen molar-refractivity contribution in [3.63, 3.8) is 0 Å². The Morgan fingerprint density at radius 1 is 1.21 bits per heavy atom. The molecule has 3 fully saturated rings. The van der Waals surface area contributed by atoms with Gasteiger partial charge in [-0.2, -0.15) is 0 Å². The summed E-state index contributed by atoms with van der Waals surface area (Å²) in [6.45, 7) is 3.22. The Morgan fingerprint density at radius 2 is 2.04 bits per heavy atom. The maximum atomic E-state index is 13.1. The van der Waals surface area contributed by atoms with Gasteiger partial charge in [0, 0.05) is 30.6 Å². The summed E-state index contributed by atoms with van der Waals surface area (Å²) < 4.78 is 0. The molecule has 3 aliphatic heterocycles. The summed E-state index contributed by atoms with van der Waals surface area (Å²) in [5.74, 6) is -0.00540. The predicted octanol–water partition coefficient (Wildman–Crippen LogP) is 0.679. The summed E-state index contributed by atoms with van der Waals surface area (Å²) in [5, 5.41) is 9.43. The second-order valence-electron chi connectivity index (χ2n) is 8.71. The molecular weight excluding hydrogens is 356 g/mol. The summed E-state index contributed by atoms with van der Waals surface area (Å²) in [6, 6.07) is 5.38. The average Bonchev–Trinajstić information content (AvgIpc) is 2.93. The smallest absolute Gasteiger partial charge is 0.255 e. The zero-order chi connectivity index (χ0) is 19.3. The number of imide groups is 1. The molecule has 2 saturated heterocycles. The zero-order valence-electron chi connectivity index (χ0n) is 15.9. The first-order valence-corrected chi connectivity index (χ1v) is 10.3. The number of carbonyl (C=O) groups excluding carboxylic acids is 3. The molecule has 0 bridgehead atoms. The topological polar surface area (TPSA) is 90.5 Å². The molecule has 3 amide bonds. The van der Waals surface area contributed by atoms with Crippen molar-refractivity contribution in [3.05, 3.63) is 34.9 Å². The first kappa shape index (κ1) is 17.8. The number of fused-ring (bicyclic) bond motifs is 1. The van der Waals surface area contributed by atoms with Gasteiger partial charge in [0.05, 0.1) is 0 Å². The average molecular weight is 382 g/mol. The van der Waals surface area contributed by atoms with Crippen LogP contribution in [0.1, 0.15) is 53.6 Å². The van der Waals surface area contributed by atoms with Crippen LogP contribution in [0.5, 0.6) is 0 Å². The van der Waals surface area contributed by atoms with Gasteiger partial charge in [0.2, 0.25) is 11.8 Å². The fourth-order valence-electron chi connectivity index (χ4n) is 5.26. The molecule has 1 aromatic rings. The lowest BCUT2D eigenvalue weighted by molar-refractivity contribution is -0.136. The van der Waals surface area contributed by atoms with E-state index in [1.807, 2.05) is 18.2 Å². The van der Waals surface area contributed by atoms with E-state index in [-0.39, 0.29) is 24.1 Å². The van der Waals surface area contributed by atoms with Crippen molar-refractivity contribution in [1.29, 1.82) is 0 Å². The van der Waals surface area contributed by atoms with Crippen LogP contribution in [0.4, 0.5) is 0 Å². The second kappa shape index (κ2) is 6.67. The fraction of sp³-hybridized carbons (Fsp3) is 0.571. The lowest BCUT2D eigenvalue weighted by Gasteiger charge is -2.55. The summed E-state index contributed by atoms with van der Waals surface area (Å²) >= 11 is 0. The molecular formula is C21H26N4O3. The van der Waals surface area contributed by atoms with E-state index >= 15 is 0 Å². The van der Waals surface area contributed by atoms with E-state index in [2.05, 4.69) is 16.0 Å². The maximum Gasteiger partial charge on any atom is 0.255 e. The SMILES string of the molecule is O=C1CCC(N2Cc3cccc(CNCC4CC5(CCN5)C4)c3C2=O)C(=O)N1. The number of carbonyl (C=O) groups is 3. The monoisotopic (exact) mass is 382 g/mol. The second-order valence-corrected chi connectivity index (χ2v) is 8.71. The van der Waals surface area contributed by atoms with Crippen molar-refractivity contribution >= 4 is 17.7 Å². The van der Waals surface area contributed by atoms with Gasteiger partial charge in [-0.3, -0.25) is 19.7 Å². The molecule has 7 nitrogen and oxygen atoms in total. The first-order chi connectivity index (χ1) is 13.5. The minimum absolute atomic E-state index is 0.0943. The molecule has 7 heteroatoms. The number of hydrogen-bond donors (Lipinski definition) is 3.